The molecule has 1 rings (SSSR count). The highest BCUT2D eigenvalue weighted by Gasteiger charge is 2.21. The van der Waals surface area contributed by atoms with Gasteiger partial charge >= 0.3 is 0 Å². The summed E-state index contributed by atoms with van der Waals surface area (Å²) in [6.45, 7) is 7.13. The van der Waals surface area contributed by atoms with Gasteiger partial charge in [0.1, 0.15) is 0 Å². The van der Waals surface area contributed by atoms with Crippen molar-refractivity contribution in [1.29, 1.82) is 0 Å². The summed E-state index contributed by atoms with van der Waals surface area (Å²) < 4.78 is 16.3. The van der Waals surface area contributed by atoms with Crippen LogP contribution in [0.2, 0.25) is 5.02 Å². The first-order valence-corrected chi connectivity index (χ1v) is 5.61. The van der Waals surface area contributed by atoms with Crippen LogP contribution >= 0.6 is 11.6 Å². The monoisotopic (exact) mass is 243 g/mol. The van der Waals surface area contributed by atoms with Crippen molar-refractivity contribution in [3.63, 3.8) is 0 Å². The number of halogens is 1. The molecule has 0 aromatic heterocycles. The zero-order chi connectivity index (χ0) is 14.2. The molecule has 2 N–H and O–H groups in total. The highest BCUT2D eigenvalue weighted by Crippen LogP contribution is 2.21. The molecule has 2 unspecified atom stereocenters. The number of aliphatic hydroxyl groups is 1. The van der Waals surface area contributed by atoms with Crippen LogP contribution in [0.4, 0.5) is 0 Å². The second kappa shape index (κ2) is 5.17. The van der Waals surface area contributed by atoms with Crippen LogP contribution in [-0.4, -0.2) is 16.7 Å². The Bertz CT molecular complexity index is 427. The van der Waals surface area contributed by atoms with Gasteiger partial charge in [0.05, 0.1) is 7.45 Å². The smallest absolute Gasteiger partial charge is 0.0940 e. The molecule has 0 aliphatic rings. The van der Waals surface area contributed by atoms with Gasteiger partial charge in [-0.1, -0.05) is 23.7 Å². The van der Waals surface area contributed by atoms with E-state index in [2.05, 4.69) is 5.32 Å². The maximum Gasteiger partial charge on any atom is 0.0940 e. The Balaban J connectivity index is 3.12. The van der Waals surface area contributed by atoms with Crippen molar-refractivity contribution in [3.8, 4) is 0 Å². The van der Waals surface area contributed by atoms with E-state index >= 15 is 0 Å². The average Bonchev–Trinajstić information content (AvgIpc) is 2.13. The molecule has 1 aromatic rings. The number of benzene rings is 1. The summed E-state index contributed by atoms with van der Waals surface area (Å²) in [5.74, 6) is 0. The van der Waals surface area contributed by atoms with Gasteiger partial charge in [0.2, 0.25) is 0 Å². The van der Waals surface area contributed by atoms with Gasteiger partial charge in [-0.05, 0) is 45.4 Å². The third-order valence-electron chi connectivity index (χ3n) is 2.02. The minimum absolute atomic E-state index is 0.296. The van der Waals surface area contributed by atoms with Crippen LogP contribution < -0.4 is 5.32 Å². The predicted molar refractivity (Wildman–Crippen MR) is 68.8 cm³/mol. The molecule has 0 amide bonds. The summed E-state index contributed by atoms with van der Waals surface area (Å²) in [4.78, 5) is 0. The van der Waals surface area contributed by atoms with E-state index in [1.165, 1.54) is 13.0 Å². The number of hydrogen-bond acceptors (Lipinski definition) is 2. The molecule has 1 aromatic carbocycles. The molecular weight excluding hydrogens is 222 g/mol. The fraction of sp³-hybridized carbons (Fsp3) is 0.538. The van der Waals surface area contributed by atoms with Crippen molar-refractivity contribution in [1.82, 2.24) is 5.32 Å². The van der Waals surface area contributed by atoms with E-state index in [9.17, 15) is 5.11 Å². The van der Waals surface area contributed by atoms with E-state index in [1.54, 1.807) is 18.2 Å². The van der Waals surface area contributed by atoms with Gasteiger partial charge < -0.3 is 10.4 Å². The molecule has 0 fully saturated rings. The van der Waals surface area contributed by atoms with Crippen LogP contribution in [-0.2, 0) is 0 Å². The third kappa shape index (κ3) is 4.12. The molecule has 2 nitrogen and oxygen atoms in total. The number of nitrogens with one attached hydrogen (secondary N) is 1. The van der Waals surface area contributed by atoms with E-state index in [4.69, 9.17) is 14.3 Å². The molecule has 0 heterocycles. The second-order valence-electron chi connectivity index (χ2n) is 4.86. The molecular formula is C13H20ClNO. The third-order valence-corrected chi connectivity index (χ3v) is 2.25. The standard InChI is InChI=1S/C13H20ClNO/c1-9(15-13(2,3)4)12(16)10-6-5-7-11(14)8-10/h5-9,12,15-16H,1-4H3/i9D,12D. The molecule has 0 radical (unpaired) electrons. The normalized spacial score (nSPS) is 21.6. The van der Waals surface area contributed by atoms with Gasteiger partial charge in [-0.2, -0.15) is 0 Å². The summed E-state index contributed by atoms with van der Waals surface area (Å²) in [5, 5.41) is 13.7. The lowest BCUT2D eigenvalue weighted by Crippen LogP contribution is -2.44. The Kier molecular flexibility index (Phi) is 3.42. The summed E-state index contributed by atoms with van der Waals surface area (Å²) in [5.41, 5.74) is -0.0892. The highest BCUT2D eigenvalue weighted by atomic mass is 35.5. The van der Waals surface area contributed by atoms with E-state index in [-0.39, 0.29) is 5.54 Å². The van der Waals surface area contributed by atoms with E-state index < -0.39 is 12.1 Å². The highest BCUT2D eigenvalue weighted by molar-refractivity contribution is 6.30. The first kappa shape index (κ1) is 10.6. The van der Waals surface area contributed by atoms with E-state index in [1.807, 2.05) is 20.8 Å². The minimum atomic E-state index is -2.09. The molecule has 0 saturated carbocycles. The molecule has 0 saturated heterocycles. The minimum Gasteiger partial charge on any atom is -0.387 e. The van der Waals surface area contributed by atoms with Gasteiger partial charge in [-0.15, -0.1) is 0 Å². The first-order chi connectivity index (χ1) is 7.96. The van der Waals surface area contributed by atoms with Crippen molar-refractivity contribution < 1.29 is 7.85 Å². The molecule has 16 heavy (non-hydrogen) atoms. The van der Waals surface area contributed by atoms with Crippen LogP contribution in [0.15, 0.2) is 24.3 Å². The lowest BCUT2D eigenvalue weighted by Gasteiger charge is -2.29. The number of hydrogen-bond donors (Lipinski definition) is 2. The molecule has 2 atom stereocenters. The van der Waals surface area contributed by atoms with Crippen LogP contribution in [0.1, 0.15) is 42.1 Å². The maximum atomic E-state index is 10.4. The van der Waals surface area contributed by atoms with Crippen LogP contribution in [0.3, 0.4) is 0 Å². The predicted octanol–water partition coefficient (Wildman–Crippen LogP) is 3.15. The molecule has 90 valence electrons. The lowest BCUT2D eigenvalue weighted by molar-refractivity contribution is 0.121. The molecule has 0 bridgehead atoms. The van der Waals surface area contributed by atoms with Gasteiger partial charge in [0.25, 0.3) is 0 Å². The van der Waals surface area contributed by atoms with Crippen molar-refractivity contribution >= 4 is 11.6 Å². The topological polar surface area (TPSA) is 32.3 Å². The Hall–Kier alpha value is -0.570. The van der Waals surface area contributed by atoms with E-state index in [0.717, 1.165) is 0 Å². The zero-order valence-corrected chi connectivity index (χ0v) is 10.9. The van der Waals surface area contributed by atoms with Gasteiger partial charge in [0, 0.05) is 18.0 Å². The molecule has 3 heteroatoms. The molecule has 0 spiro atoms. The van der Waals surface area contributed by atoms with Crippen LogP contribution in [0.5, 0.6) is 0 Å². The fourth-order valence-corrected chi connectivity index (χ4v) is 1.66. The van der Waals surface area contributed by atoms with Crippen molar-refractivity contribution in [2.24, 2.45) is 0 Å². The second-order valence-corrected chi connectivity index (χ2v) is 5.30. The first-order valence-electron chi connectivity index (χ1n) is 6.23. The van der Waals surface area contributed by atoms with Gasteiger partial charge in [-0.3, -0.25) is 0 Å². The SMILES string of the molecule is [2H]C(C)(NC(C)(C)C)C([2H])(O)c1cccc(Cl)c1. The van der Waals surface area contributed by atoms with Crippen LogP contribution in [0.25, 0.3) is 0 Å². The average molecular weight is 244 g/mol. The Labute approximate surface area is 105 Å². The van der Waals surface area contributed by atoms with Crippen molar-refractivity contribution in [2.75, 3.05) is 0 Å². The Morgan fingerprint density at radius 2 is 2.06 bits per heavy atom. The van der Waals surface area contributed by atoms with Crippen molar-refractivity contribution in [3.05, 3.63) is 34.9 Å². The largest absolute Gasteiger partial charge is 0.387 e. The lowest BCUT2D eigenvalue weighted by atomic mass is 10.00. The summed E-state index contributed by atoms with van der Waals surface area (Å²) >= 11 is 5.86. The summed E-state index contributed by atoms with van der Waals surface area (Å²) in [6.07, 6.45) is -2.09. The fourth-order valence-electron chi connectivity index (χ4n) is 1.47. The van der Waals surface area contributed by atoms with E-state index in [0.29, 0.717) is 10.6 Å². The Morgan fingerprint density at radius 1 is 1.44 bits per heavy atom. The number of rotatable bonds is 3. The maximum absolute atomic E-state index is 10.4. The zero-order valence-electron chi connectivity index (χ0n) is 12.1. The summed E-state index contributed by atoms with van der Waals surface area (Å²) in [6, 6.07) is 4.86. The molecule has 0 aliphatic carbocycles. The van der Waals surface area contributed by atoms with Gasteiger partial charge in [0.15, 0.2) is 0 Å². The molecule has 0 aliphatic heterocycles. The van der Waals surface area contributed by atoms with Gasteiger partial charge in [-0.25, -0.2) is 0 Å². The van der Waals surface area contributed by atoms with Crippen LogP contribution in [0, 0.1) is 0 Å². The quantitative estimate of drug-likeness (QED) is 0.855. The Morgan fingerprint density at radius 3 is 2.56 bits per heavy atom. The summed E-state index contributed by atoms with van der Waals surface area (Å²) in [7, 11) is 0. The van der Waals surface area contributed by atoms with Crippen molar-refractivity contribution in [2.45, 2.75) is 45.3 Å².